The molecule has 2 aliphatic rings. The molecule has 4 atom stereocenters. The number of esters is 2. The van der Waals surface area contributed by atoms with Crippen LogP contribution >= 0.6 is 0 Å². The molecular weight excluding hydrogens is 740 g/mol. The number of hydrogen-bond donors (Lipinski definition) is 5. The van der Waals surface area contributed by atoms with Crippen molar-refractivity contribution in [2.45, 2.75) is 75.7 Å². The van der Waals surface area contributed by atoms with Crippen LogP contribution in [0.2, 0.25) is 0 Å². The maximum atomic E-state index is 13.0. The van der Waals surface area contributed by atoms with E-state index in [1.54, 1.807) is 36.4 Å². The Bertz CT molecular complexity index is 1930. The summed E-state index contributed by atoms with van der Waals surface area (Å²) in [6.07, 6.45) is -1.67. The van der Waals surface area contributed by atoms with E-state index in [-0.39, 0.29) is 11.1 Å². The van der Waals surface area contributed by atoms with E-state index < -0.39 is 60.0 Å². The van der Waals surface area contributed by atoms with Crippen molar-refractivity contribution < 1.29 is 61.5 Å². The number of aromatic carboxylic acids is 1. The zero-order valence-corrected chi connectivity index (χ0v) is 31.2. The number of alkyl halides is 4. The molecule has 0 unspecified atom stereocenters. The van der Waals surface area contributed by atoms with Crippen molar-refractivity contribution in [2.24, 2.45) is 11.8 Å². The van der Waals surface area contributed by atoms with Crippen LogP contribution < -0.4 is 10.6 Å². The third-order valence-corrected chi connectivity index (χ3v) is 8.02. The molecule has 298 valence electrons. The van der Waals surface area contributed by atoms with Crippen LogP contribution in [0, 0.1) is 59.2 Å². The summed E-state index contributed by atoms with van der Waals surface area (Å²) < 4.78 is 59.2. The summed E-state index contributed by atoms with van der Waals surface area (Å²) in [5.41, 5.74) is -3.41. The molecule has 1 amide bonds. The molecule has 2 saturated carbocycles. The lowest BCUT2D eigenvalue weighted by Gasteiger charge is -2.30. The van der Waals surface area contributed by atoms with Gasteiger partial charge in [0.2, 0.25) is 0 Å². The van der Waals surface area contributed by atoms with E-state index in [1.165, 1.54) is 32.0 Å². The predicted octanol–water partition coefficient (Wildman–Crippen LogP) is 3.65. The molecule has 5 N–H and O–H groups in total. The maximum Gasteiger partial charge on any atom is 0.335 e. The fraction of sp³-hybridized carbons (Fsp3) is 0.415. The van der Waals surface area contributed by atoms with Gasteiger partial charge in [-0.2, -0.15) is 0 Å². The third kappa shape index (κ3) is 15.1. The number of amides is 1. The number of likely N-dealkylation sites (N-methyl/N-ethyl adjacent to an activating group) is 1. The standard InChI is InChI=1S/C20H19F2NO4.C14H10O2.C7H13F2NO3/c1-20(26,19(21)22)16(18(25)27-2)23-17(24)15-11-9-14(10-12-15)6-4-3-5-13-7-8-13;15-14(16)13-9-7-12(8-10-13)4-2-1-3-11-5-6-11;1-7(12,6(8)9)4(10-2)5(11)13-3/h9-13,16,19,26H,7-8H2,1-2H3,(H,23,24);7-11H,5-6H2,(H,15,16);4,6,10,12H,1-3H3/t16-,20+;;4-,7+/m1.1/s1. The summed E-state index contributed by atoms with van der Waals surface area (Å²) in [5, 5.41) is 32.2. The van der Waals surface area contributed by atoms with Crippen LogP contribution in [0.25, 0.3) is 0 Å². The summed E-state index contributed by atoms with van der Waals surface area (Å²) in [7, 11) is 3.33. The fourth-order valence-corrected chi connectivity index (χ4v) is 4.13. The van der Waals surface area contributed by atoms with Crippen LogP contribution in [0.15, 0.2) is 48.5 Å². The lowest BCUT2D eigenvalue weighted by molar-refractivity contribution is -0.161. The van der Waals surface area contributed by atoms with Gasteiger partial charge in [-0.15, -0.1) is 0 Å². The Morgan fingerprint density at radius 1 is 0.679 bits per heavy atom. The van der Waals surface area contributed by atoms with Gasteiger partial charge in [0.05, 0.1) is 19.8 Å². The van der Waals surface area contributed by atoms with Crippen molar-refractivity contribution >= 4 is 23.8 Å². The molecule has 0 saturated heterocycles. The van der Waals surface area contributed by atoms with Gasteiger partial charge in [0.15, 0.2) is 11.6 Å². The van der Waals surface area contributed by atoms with Crippen molar-refractivity contribution in [1.29, 1.82) is 0 Å². The van der Waals surface area contributed by atoms with Gasteiger partial charge in [-0.25, -0.2) is 27.2 Å². The number of aliphatic hydroxyl groups is 2. The Labute approximate surface area is 322 Å². The molecule has 2 aromatic carbocycles. The summed E-state index contributed by atoms with van der Waals surface area (Å²) in [4.78, 5) is 45.5. The third-order valence-electron chi connectivity index (χ3n) is 8.02. The molecule has 2 aliphatic carbocycles. The highest BCUT2D eigenvalue weighted by atomic mass is 19.3. The molecule has 56 heavy (non-hydrogen) atoms. The van der Waals surface area contributed by atoms with E-state index in [0.29, 0.717) is 17.4 Å². The minimum absolute atomic E-state index is 0.114. The largest absolute Gasteiger partial charge is 0.478 e. The number of carboxylic acids is 1. The first-order valence-electron chi connectivity index (χ1n) is 17.0. The lowest BCUT2D eigenvalue weighted by Crippen LogP contribution is -2.59. The fourth-order valence-electron chi connectivity index (χ4n) is 4.13. The Balaban J connectivity index is 0.000000317. The number of hydrogen-bond acceptors (Lipinski definition) is 9. The number of carbonyl (C=O) groups is 4. The van der Waals surface area contributed by atoms with E-state index >= 15 is 0 Å². The van der Waals surface area contributed by atoms with Gasteiger partial charge in [-0.05, 0) is 119 Å². The summed E-state index contributed by atoms with van der Waals surface area (Å²) >= 11 is 0. The van der Waals surface area contributed by atoms with Gasteiger partial charge >= 0.3 is 17.9 Å². The highest BCUT2D eigenvalue weighted by Crippen LogP contribution is 2.28. The molecular formula is C41H42F4N2O9. The van der Waals surface area contributed by atoms with Gasteiger partial charge in [0.25, 0.3) is 18.8 Å². The van der Waals surface area contributed by atoms with Crippen molar-refractivity contribution in [2.75, 3.05) is 21.3 Å². The summed E-state index contributed by atoms with van der Waals surface area (Å²) in [6.45, 7) is 1.62. The Kier molecular flexibility index (Phi) is 18.1. The molecule has 0 aromatic heterocycles. The first-order chi connectivity index (χ1) is 26.4. The van der Waals surface area contributed by atoms with E-state index in [4.69, 9.17) is 5.11 Å². The Hall–Kier alpha value is -5.84. The highest BCUT2D eigenvalue weighted by molar-refractivity contribution is 5.97. The predicted molar refractivity (Wildman–Crippen MR) is 196 cm³/mol. The number of rotatable bonds is 10. The average Bonchev–Trinajstić information content (AvgIpc) is 4.11. The minimum Gasteiger partial charge on any atom is -0.478 e. The monoisotopic (exact) mass is 782 g/mol. The van der Waals surface area contributed by atoms with Gasteiger partial charge in [0, 0.05) is 28.5 Å². The van der Waals surface area contributed by atoms with Crippen molar-refractivity contribution in [3.05, 3.63) is 70.8 Å². The smallest absolute Gasteiger partial charge is 0.335 e. The molecule has 0 bridgehead atoms. The Morgan fingerprint density at radius 3 is 1.39 bits per heavy atom. The number of halogens is 4. The van der Waals surface area contributed by atoms with Gasteiger partial charge in [0.1, 0.15) is 11.6 Å². The number of methoxy groups -OCH3 is 2. The minimum atomic E-state index is -3.27. The molecule has 11 nitrogen and oxygen atoms in total. The molecule has 0 aliphatic heterocycles. The Morgan fingerprint density at radius 2 is 1.05 bits per heavy atom. The van der Waals surface area contributed by atoms with E-state index in [9.17, 15) is 47.0 Å². The van der Waals surface area contributed by atoms with Crippen LogP contribution in [-0.4, -0.2) is 96.5 Å². The SMILES string of the molecule is CN[C@H](C(=O)OC)[C@](C)(O)C(F)F.COC(=O)[C@@H](NC(=O)c1ccc(C#CC#CC2CC2)cc1)[C@](C)(O)C(F)F.O=C(O)c1ccc(C#CC#CC2CC2)cc1. The average molecular weight is 783 g/mol. The zero-order chi connectivity index (χ0) is 42.1. The number of nitrogens with one attached hydrogen (secondary N) is 2. The maximum absolute atomic E-state index is 13.0. The highest BCUT2D eigenvalue weighted by Gasteiger charge is 2.47. The van der Waals surface area contributed by atoms with Crippen LogP contribution in [0.3, 0.4) is 0 Å². The second-order valence-electron chi connectivity index (χ2n) is 12.8. The van der Waals surface area contributed by atoms with Crippen LogP contribution in [0.1, 0.15) is 71.4 Å². The van der Waals surface area contributed by atoms with E-state index in [1.807, 2.05) is 0 Å². The quantitative estimate of drug-likeness (QED) is 0.136. The number of ether oxygens (including phenoxy) is 2. The topological polar surface area (TPSA) is 171 Å². The first kappa shape index (κ1) is 46.3. The van der Waals surface area contributed by atoms with Crippen LogP contribution in [0.5, 0.6) is 0 Å². The second kappa shape index (κ2) is 21.9. The number of carboxylic acid groups (broad SMARTS) is 1. The number of benzene rings is 2. The molecule has 0 spiro atoms. The lowest BCUT2D eigenvalue weighted by atomic mass is 9.96. The van der Waals surface area contributed by atoms with E-state index in [2.05, 4.69) is 67.5 Å². The van der Waals surface area contributed by atoms with Gasteiger partial charge < -0.3 is 35.4 Å². The molecule has 2 aromatic rings. The van der Waals surface area contributed by atoms with E-state index in [0.717, 1.165) is 46.5 Å². The molecule has 4 rings (SSSR count). The summed E-state index contributed by atoms with van der Waals surface area (Å²) in [6, 6.07) is 9.10. The van der Waals surface area contributed by atoms with Gasteiger partial charge in [-0.3, -0.25) is 9.59 Å². The number of carbonyl (C=O) groups excluding carboxylic acids is 3. The first-order valence-corrected chi connectivity index (χ1v) is 17.0. The van der Waals surface area contributed by atoms with Crippen LogP contribution in [-0.2, 0) is 19.1 Å². The molecule has 2 fully saturated rings. The van der Waals surface area contributed by atoms with Crippen molar-refractivity contribution in [3.8, 4) is 47.4 Å². The molecule has 0 heterocycles. The second-order valence-corrected chi connectivity index (χ2v) is 12.8. The molecule has 0 radical (unpaired) electrons. The zero-order valence-electron chi connectivity index (χ0n) is 31.2. The summed E-state index contributed by atoms with van der Waals surface area (Å²) in [5.74, 6) is 20.0. The van der Waals surface area contributed by atoms with Gasteiger partial charge in [-0.1, -0.05) is 23.7 Å². The van der Waals surface area contributed by atoms with Crippen molar-refractivity contribution in [1.82, 2.24) is 10.6 Å². The van der Waals surface area contributed by atoms with Crippen molar-refractivity contribution in [3.63, 3.8) is 0 Å². The van der Waals surface area contributed by atoms with Crippen LogP contribution in [0.4, 0.5) is 17.6 Å². The molecule has 15 heteroatoms. The normalized spacial score (nSPS) is 15.7.